The average molecular weight is 312 g/mol. The molecule has 1 aromatic heterocycles. The highest BCUT2D eigenvalue weighted by atomic mass is 32.2. The number of fused-ring (bicyclic) bond motifs is 1. The first kappa shape index (κ1) is 14.7. The van der Waals surface area contributed by atoms with Crippen molar-refractivity contribution in [2.75, 3.05) is 7.11 Å². The van der Waals surface area contributed by atoms with Gasteiger partial charge in [0, 0.05) is 11.9 Å². The van der Waals surface area contributed by atoms with Gasteiger partial charge in [-0.2, -0.15) is 0 Å². The van der Waals surface area contributed by atoms with Crippen molar-refractivity contribution in [3.63, 3.8) is 0 Å². The van der Waals surface area contributed by atoms with Crippen LogP contribution in [-0.2, 0) is 12.8 Å². The van der Waals surface area contributed by atoms with Gasteiger partial charge in [-0.1, -0.05) is 24.3 Å². The summed E-state index contributed by atoms with van der Waals surface area (Å²) in [5.74, 6) is 2.19. The lowest BCUT2D eigenvalue weighted by molar-refractivity contribution is 0.405. The number of methoxy groups -OCH3 is 1. The van der Waals surface area contributed by atoms with Crippen LogP contribution >= 0.6 is 11.8 Å². The summed E-state index contributed by atoms with van der Waals surface area (Å²) in [5, 5.41) is 0.649. The molecule has 0 N–H and O–H groups in total. The van der Waals surface area contributed by atoms with Gasteiger partial charge in [0.25, 0.3) is 5.56 Å². The summed E-state index contributed by atoms with van der Waals surface area (Å²) >= 11 is 1.61. The van der Waals surface area contributed by atoms with Crippen LogP contribution in [0.1, 0.15) is 5.82 Å². The van der Waals surface area contributed by atoms with Crippen LogP contribution in [0.4, 0.5) is 0 Å². The number of nitrogens with zero attached hydrogens (tertiary/aromatic N) is 2. The first-order chi connectivity index (χ1) is 10.7. The van der Waals surface area contributed by atoms with Gasteiger partial charge in [0.1, 0.15) is 11.6 Å². The van der Waals surface area contributed by atoms with Gasteiger partial charge in [-0.25, -0.2) is 4.98 Å². The molecule has 0 bridgehead atoms. The zero-order valence-corrected chi connectivity index (χ0v) is 13.3. The molecule has 0 saturated heterocycles. The Morgan fingerprint density at radius 3 is 2.68 bits per heavy atom. The standard InChI is InChI=1S/C17H16N2O2S/c1-19-16(11-22-15-10-6-5-9-14(15)21-2)18-13-8-4-3-7-12(13)17(19)20/h3-10H,11H2,1-2H3. The number of aromatic nitrogens is 2. The molecule has 0 aliphatic rings. The lowest BCUT2D eigenvalue weighted by Gasteiger charge is -2.10. The average Bonchev–Trinajstić information content (AvgIpc) is 2.57. The normalized spacial score (nSPS) is 10.8. The van der Waals surface area contributed by atoms with E-state index in [1.807, 2.05) is 48.5 Å². The van der Waals surface area contributed by atoms with Crippen molar-refractivity contribution in [3.8, 4) is 5.75 Å². The van der Waals surface area contributed by atoms with Gasteiger partial charge in [0.2, 0.25) is 0 Å². The van der Waals surface area contributed by atoms with E-state index in [4.69, 9.17) is 4.74 Å². The Morgan fingerprint density at radius 2 is 1.86 bits per heavy atom. The highest BCUT2D eigenvalue weighted by Crippen LogP contribution is 2.30. The van der Waals surface area contributed by atoms with Crippen LogP contribution in [0, 0.1) is 0 Å². The summed E-state index contributed by atoms with van der Waals surface area (Å²) in [4.78, 5) is 18.0. The molecule has 0 saturated carbocycles. The Bertz CT molecular complexity index is 874. The number of hydrogen-bond donors (Lipinski definition) is 0. The monoisotopic (exact) mass is 312 g/mol. The Balaban J connectivity index is 1.94. The van der Waals surface area contributed by atoms with E-state index >= 15 is 0 Å². The lowest BCUT2D eigenvalue weighted by atomic mass is 10.2. The van der Waals surface area contributed by atoms with E-state index in [0.29, 0.717) is 11.1 Å². The number of thioether (sulfide) groups is 1. The van der Waals surface area contributed by atoms with Crippen molar-refractivity contribution in [2.24, 2.45) is 7.05 Å². The molecule has 0 aliphatic carbocycles. The molecule has 3 rings (SSSR count). The minimum Gasteiger partial charge on any atom is -0.496 e. The summed E-state index contributed by atoms with van der Waals surface area (Å²) in [6.07, 6.45) is 0. The predicted octanol–water partition coefficient (Wildman–Crippen LogP) is 3.23. The van der Waals surface area contributed by atoms with E-state index < -0.39 is 0 Å². The van der Waals surface area contributed by atoms with Gasteiger partial charge in [-0.05, 0) is 24.3 Å². The summed E-state index contributed by atoms with van der Waals surface area (Å²) in [6.45, 7) is 0. The van der Waals surface area contributed by atoms with E-state index in [2.05, 4.69) is 4.98 Å². The van der Waals surface area contributed by atoms with Crippen LogP contribution in [0.25, 0.3) is 10.9 Å². The summed E-state index contributed by atoms with van der Waals surface area (Å²) in [5.41, 5.74) is 0.724. The number of ether oxygens (including phenoxy) is 1. The molecule has 1 heterocycles. The van der Waals surface area contributed by atoms with Crippen LogP contribution in [-0.4, -0.2) is 16.7 Å². The summed E-state index contributed by atoms with van der Waals surface area (Å²) < 4.78 is 6.96. The first-order valence-electron chi connectivity index (χ1n) is 6.91. The Kier molecular flexibility index (Phi) is 4.15. The maximum atomic E-state index is 12.4. The third-order valence-electron chi connectivity index (χ3n) is 3.50. The fourth-order valence-corrected chi connectivity index (χ4v) is 3.28. The first-order valence-corrected chi connectivity index (χ1v) is 7.89. The van der Waals surface area contributed by atoms with Gasteiger partial charge in [-0.15, -0.1) is 11.8 Å². The van der Waals surface area contributed by atoms with E-state index in [1.54, 1.807) is 30.5 Å². The molecule has 0 spiro atoms. The van der Waals surface area contributed by atoms with Crippen LogP contribution in [0.2, 0.25) is 0 Å². The molecule has 0 radical (unpaired) electrons. The SMILES string of the molecule is COc1ccccc1SCc1nc2ccccc2c(=O)n1C. The number of hydrogen-bond acceptors (Lipinski definition) is 4. The molecule has 2 aromatic carbocycles. The van der Waals surface area contributed by atoms with Crippen molar-refractivity contribution < 1.29 is 4.74 Å². The highest BCUT2D eigenvalue weighted by molar-refractivity contribution is 7.98. The summed E-state index contributed by atoms with van der Waals surface area (Å²) in [7, 11) is 3.42. The minimum atomic E-state index is -0.0128. The molecule has 4 nitrogen and oxygen atoms in total. The van der Waals surface area contributed by atoms with E-state index in [9.17, 15) is 4.79 Å². The van der Waals surface area contributed by atoms with Gasteiger partial charge < -0.3 is 4.74 Å². The maximum absolute atomic E-state index is 12.4. The van der Waals surface area contributed by atoms with Gasteiger partial charge in [0.15, 0.2) is 0 Å². The third kappa shape index (κ3) is 2.72. The van der Waals surface area contributed by atoms with Crippen molar-refractivity contribution in [1.82, 2.24) is 9.55 Å². The largest absolute Gasteiger partial charge is 0.496 e. The predicted molar refractivity (Wildman–Crippen MR) is 89.5 cm³/mol. The van der Waals surface area contributed by atoms with Crippen LogP contribution in [0.15, 0.2) is 58.2 Å². The maximum Gasteiger partial charge on any atom is 0.261 e. The Labute approximate surface area is 132 Å². The minimum absolute atomic E-state index is 0.0128. The fraction of sp³-hybridized carbons (Fsp3) is 0.176. The van der Waals surface area contributed by atoms with Crippen molar-refractivity contribution >= 4 is 22.7 Å². The van der Waals surface area contributed by atoms with Gasteiger partial charge >= 0.3 is 0 Å². The molecular weight excluding hydrogens is 296 g/mol. The molecule has 5 heteroatoms. The molecule has 0 unspecified atom stereocenters. The van der Waals surface area contributed by atoms with E-state index in [0.717, 1.165) is 22.0 Å². The smallest absolute Gasteiger partial charge is 0.261 e. The highest BCUT2D eigenvalue weighted by Gasteiger charge is 2.09. The molecule has 3 aromatic rings. The van der Waals surface area contributed by atoms with Crippen molar-refractivity contribution in [3.05, 3.63) is 64.7 Å². The quantitative estimate of drug-likeness (QED) is 0.694. The number of benzene rings is 2. The van der Waals surface area contributed by atoms with E-state index in [1.165, 1.54) is 0 Å². The number of rotatable bonds is 4. The van der Waals surface area contributed by atoms with Crippen molar-refractivity contribution in [2.45, 2.75) is 10.6 Å². The second kappa shape index (κ2) is 6.23. The zero-order valence-electron chi connectivity index (χ0n) is 12.4. The Hall–Kier alpha value is -2.27. The number of para-hydroxylation sites is 2. The Morgan fingerprint density at radius 1 is 1.14 bits per heavy atom. The fourth-order valence-electron chi connectivity index (χ4n) is 2.27. The van der Waals surface area contributed by atoms with Crippen LogP contribution in [0.5, 0.6) is 5.75 Å². The van der Waals surface area contributed by atoms with Gasteiger partial charge in [-0.3, -0.25) is 9.36 Å². The van der Waals surface area contributed by atoms with Crippen LogP contribution in [0.3, 0.4) is 0 Å². The third-order valence-corrected chi connectivity index (χ3v) is 4.55. The van der Waals surface area contributed by atoms with E-state index in [-0.39, 0.29) is 5.56 Å². The molecule has 0 atom stereocenters. The second-order valence-electron chi connectivity index (χ2n) is 4.85. The zero-order chi connectivity index (χ0) is 15.5. The molecule has 22 heavy (non-hydrogen) atoms. The van der Waals surface area contributed by atoms with Crippen molar-refractivity contribution in [1.29, 1.82) is 0 Å². The topological polar surface area (TPSA) is 44.1 Å². The molecule has 0 fully saturated rings. The van der Waals surface area contributed by atoms with Crippen LogP contribution < -0.4 is 10.3 Å². The molecule has 0 aliphatic heterocycles. The molecular formula is C17H16N2O2S. The second-order valence-corrected chi connectivity index (χ2v) is 5.87. The summed E-state index contributed by atoms with van der Waals surface area (Å²) in [6, 6.07) is 15.3. The molecule has 112 valence electrons. The van der Waals surface area contributed by atoms with Gasteiger partial charge in [0.05, 0.1) is 23.8 Å². The lowest BCUT2D eigenvalue weighted by Crippen LogP contribution is -2.21. The molecule has 0 amide bonds.